The van der Waals surface area contributed by atoms with E-state index >= 15 is 4.39 Å². The Balaban J connectivity index is 1.38. The highest BCUT2D eigenvalue weighted by atomic mass is 35.5. The van der Waals surface area contributed by atoms with Crippen molar-refractivity contribution in [3.63, 3.8) is 0 Å². The number of rotatable bonds is 9. The van der Waals surface area contributed by atoms with Crippen LogP contribution in [0.3, 0.4) is 0 Å². The number of nitroso groups, excluding NO2 is 1. The average Bonchev–Trinajstić information content (AvgIpc) is 3.44. The first-order valence-electron chi connectivity index (χ1n) is 10.9. The average molecular weight is 525 g/mol. The van der Waals surface area contributed by atoms with Gasteiger partial charge >= 0.3 is 6.09 Å². The Bertz CT molecular complexity index is 1130. The summed E-state index contributed by atoms with van der Waals surface area (Å²) in [4.78, 5) is 50.6. The van der Waals surface area contributed by atoms with Gasteiger partial charge in [-0.15, -0.1) is 11.3 Å². The summed E-state index contributed by atoms with van der Waals surface area (Å²) in [6.45, 7) is 0.722. The topological polar surface area (TPSA) is 118 Å². The maximum atomic E-state index is 15.0. The molecule has 3 amide bonds. The zero-order chi connectivity index (χ0) is 24.9. The van der Waals surface area contributed by atoms with Crippen LogP contribution in [0.25, 0.3) is 0 Å². The molecule has 0 aliphatic carbocycles. The Labute approximate surface area is 208 Å². The first kappa shape index (κ1) is 25.0. The molecule has 3 heterocycles. The van der Waals surface area contributed by atoms with Gasteiger partial charge in [0.15, 0.2) is 0 Å². The number of hydrogen-bond acceptors (Lipinski definition) is 8. The van der Waals surface area contributed by atoms with Crippen LogP contribution in [0.1, 0.15) is 22.5 Å². The zero-order valence-corrected chi connectivity index (χ0v) is 20.0. The van der Waals surface area contributed by atoms with Crippen LogP contribution in [0.5, 0.6) is 0 Å². The minimum Gasteiger partial charge on any atom is -0.442 e. The number of anilines is 2. The predicted molar refractivity (Wildman–Crippen MR) is 128 cm³/mol. The second kappa shape index (κ2) is 11.1. The van der Waals surface area contributed by atoms with Gasteiger partial charge in [0.2, 0.25) is 0 Å². The quantitative estimate of drug-likeness (QED) is 0.396. The molecule has 35 heavy (non-hydrogen) atoms. The number of carbonyl (C=O) groups excluding carboxylic acids is 3. The van der Waals surface area contributed by atoms with E-state index in [1.54, 1.807) is 18.2 Å². The Morgan fingerprint density at radius 1 is 1.26 bits per heavy atom. The molecule has 0 radical (unpaired) electrons. The Morgan fingerprint density at radius 2 is 2.09 bits per heavy atom. The molecule has 2 saturated heterocycles. The van der Waals surface area contributed by atoms with Gasteiger partial charge in [-0.25, -0.2) is 9.18 Å². The number of nitrogens with one attached hydrogen (secondary N) is 1. The van der Waals surface area contributed by atoms with Crippen molar-refractivity contribution in [2.45, 2.75) is 25.0 Å². The van der Waals surface area contributed by atoms with Crippen molar-refractivity contribution in [2.24, 2.45) is 5.18 Å². The highest BCUT2D eigenvalue weighted by molar-refractivity contribution is 7.18. The number of cyclic esters (lactones) is 1. The fourth-order valence-electron chi connectivity index (χ4n) is 3.88. The number of benzene rings is 1. The lowest BCUT2D eigenvalue weighted by Gasteiger charge is -2.32. The number of nitrogens with zero attached hydrogens (tertiary/aromatic N) is 3. The van der Waals surface area contributed by atoms with Crippen LogP contribution in [0.15, 0.2) is 35.5 Å². The number of halogens is 2. The van der Waals surface area contributed by atoms with E-state index in [9.17, 15) is 19.3 Å². The summed E-state index contributed by atoms with van der Waals surface area (Å²) >= 11 is 6.97. The van der Waals surface area contributed by atoms with E-state index in [1.165, 1.54) is 17.0 Å². The Hall–Kier alpha value is -3.09. The smallest absolute Gasteiger partial charge is 0.414 e. The standard InChI is InChI=1S/C22H22ClFN4O6S/c23-19-6-5-18(35-19)20(29)25-11-14-12-28(22(31)34-14)16-4-3-13(10-15(16)24)27-8-9-33-17(21(27)30)2-1-7-26-32/h3-6,10,14,17H,1-2,7-9,11-12H2,(H,25,29)/t14-,17?/m0/s1. The molecule has 186 valence electrons. The van der Waals surface area contributed by atoms with Gasteiger partial charge in [-0.2, -0.15) is 4.91 Å². The normalized spacial score (nSPS) is 20.2. The molecule has 10 nitrogen and oxygen atoms in total. The molecule has 1 unspecified atom stereocenters. The van der Waals surface area contributed by atoms with Crippen molar-refractivity contribution in [3.8, 4) is 0 Å². The molecule has 2 aliphatic heterocycles. The predicted octanol–water partition coefficient (Wildman–Crippen LogP) is 3.57. The minimum atomic E-state index is -0.735. The van der Waals surface area contributed by atoms with Crippen molar-refractivity contribution < 1.29 is 28.2 Å². The maximum absolute atomic E-state index is 15.0. The first-order chi connectivity index (χ1) is 16.9. The van der Waals surface area contributed by atoms with Crippen molar-refractivity contribution in [2.75, 3.05) is 42.6 Å². The number of hydrogen-bond donors (Lipinski definition) is 1. The number of carbonyl (C=O) groups is 3. The van der Waals surface area contributed by atoms with Gasteiger partial charge in [-0.1, -0.05) is 16.8 Å². The van der Waals surface area contributed by atoms with Crippen LogP contribution in [0, 0.1) is 10.7 Å². The van der Waals surface area contributed by atoms with E-state index in [0.717, 1.165) is 16.2 Å². The van der Waals surface area contributed by atoms with Crippen LogP contribution >= 0.6 is 22.9 Å². The molecule has 4 rings (SSSR count). The van der Waals surface area contributed by atoms with Crippen LogP contribution in [-0.4, -0.2) is 62.9 Å². The molecule has 2 aromatic rings. The summed E-state index contributed by atoms with van der Waals surface area (Å²) in [5.74, 6) is -1.36. The molecule has 1 aromatic heterocycles. The number of morpholine rings is 1. The van der Waals surface area contributed by atoms with Crippen molar-refractivity contribution in [3.05, 3.63) is 50.3 Å². The second-order valence-electron chi connectivity index (χ2n) is 7.91. The molecule has 13 heteroatoms. The third-order valence-corrected chi connectivity index (χ3v) is 6.82. The summed E-state index contributed by atoms with van der Waals surface area (Å²) in [5, 5.41) is 5.46. The van der Waals surface area contributed by atoms with Crippen molar-refractivity contribution in [1.82, 2.24) is 5.32 Å². The molecule has 2 fully saturated rings. The Kier molecular flexibility index (Phi) is 7.93. The lowest BCUT2D eigenvalue weighted by atomic mass is 10.1. The summed E-state index contributed by atoms with van der Waals surface area (Å²) in [7, 11) is 0. The fourth-order valence-corrected chi connectivity index (χ4v) is 4.84. The van der Waals surface area contributed by atoms with E-state index in [0.29, 0.717) is 27.7 Å². The minimum absolute atomic E-state index is 0.00642. The summed E-state index contributed by atoms with van der Waals surface area (Å²) in [5.41, 5.74) is 0.343. The lowest BCUT2D eigenvalue weighted by molar-refractivity contribution is -0.134. The van der Waals surface area contributed by atoms with Gasteiger partial charge in [0.25, 0.3) is 11.8 Å². The van der Waals surface area contributed by atoms with E-state index in [1.807, 2.05) is 0 Å². The van der Waals surface area contributed by atoms with Crippen molar-refractivity contribution in [1.29, 1.82) is 0 Å². The molecule has 1 N–H and O–H groups in total. The molecule has 0 spiro atoms. The molecular formula is C22H22ClFN4O6S. The van der Waals surface area contributed by atoms with Crippen LogP contribution in [0.4, 0.5) is 20.6 Å². The van der Waals surface area contributed by atoms with Gasteiger partial charge in [0.1, 0.15) is 18.0 Å². The van der Waals surface area contributed by atoms with Gasteiger partial charge in [-0.3, -0.25) is 14.5 Å². The summed E-state index contributed by atoms with van der Waals surface area (Å²) in [6, 6.07) is 7.35. The molecule has 2 atom stereocenters. The largest absolute Gasteiger partial charge is 0.442 e. The number of thiophene rings is 1. The summed E-state index contributed by atoms with van der Waals surface area (Å²) in [6.07, 6.45) is -1.35. The van der Waals surface area contributed by atoms with Gasteiger partial charge in [0.05, 0.1) is 41.1 Å². The maximum Gasteiger partial charge on any atom is 0.414 e. The van der Waals surface area contributed by atoms with Crippen LogP contribution in [-0.2, 0) is 14.3 Å². The number of ether oxygens (including phenoxy) is 2. The highest BCUT2D eigenvalue weighted by Crippen LogP contribution is 2.30. The van der Waals surface area contributed by atoms with E-state index < -0.39 is 24.1 Å². The molecule has 1 aromatic carbocycles. The third-order valence-electron chi connectivity index (χ3n) is 5.59. The van der Waals surface area contributed by atoms with E-state index in [2.05, 4.69) is 10.5 Å². The zero-order valence-electron chi connectivity index (χ0n) is 18.4. The highest BCUT2D eigenvalue weighted by Gasteiger charge is 2.35. The lowest BCUT2D eigenvalue weighted by Crippen LogP contribution is -2.48. The Morgan fingerprint density at radius 3 is 2.80 bits per heavy atom. The van der Waals surface area contributed by atoms with Crippen molar-refractivity contribution >= 4 is 52.2 Å². The first-order valence-corrected chi connectivity index (χ1v) is 12.1. The molecular weight excluding hydrogens is 503 g/mol. The fraction of sp³-hybridized carbons (Fsp3) is 0.409. The summed E-state index contributed by atoms with van der Waals surface area (Å²) < 4.78 is 26.3. The van der Waals surface area contributed by atoms with Crippen LogP contribution < -0.4 is 15.1 Å². The second-order valence-corrected chi connectivity index (χ2v) is 9.63. The monoisotopic (exact) mass is 524 g/mol. The molecule has 0 saturated carbocycles. The third kappa shape index (κ3) is 5.77. The van der Waals surface area contributed by atoms with E-state index in [4.69, 9.17) is 21.1 Å². The van der Waals surface area contributed by atoms with Gasteiger partial charge in [0, 0.05) is 12.2 Å². The van der Waals surface area contributed by atoms with Gasteiger partial charge in [-0.05, 0) is 43.2 Å². The van der Waals surface area contributed by atoms with E-state index in [-0.39, 0.29) is 50.3 Å². The van der Waals surface area contributed by atoms with Crippen LogP contribution in [0.2, 0.25) is 4.34 Å². The molecule has 2 aliphatic rings. The number of amides is 3. The van der Waals surface area contributed by atoms with Gasteiger partial charge < -0.3 is 19.7 Å². The molecule has 0 bridgehead atoms. The SMILES string of the molecule is O=NCCCC1OCCN(c2ccc(N3C[C@H](CNC(=O)c4ccc(Cl)s4)OC3=O)c(F)c2)C1=O.